The van der Waals surface area contributed by atoms with E-state index in [0.29, 0.717) is 28.7 Å². The Morgan fingerprint density at radius 2 is 1.68 bits per heavy atom. The van der Waals surface area contributed by atoms with Gasteiger partial charge in [-0.2, -0.15) is 5.10 Å². The van der Waals surface area contributed by atoms with Crippen molar-refractivity contribution in [3.63, 3.8) is 0 Å². The zero-order valence-corrected chi connectivity index (χ0v) is 28.1. The maximum atomic E-state index is 13.9. The van der Waals surface area contributed by atoms with Crippen molar-refractivity contribution >= 4 is 40.6 Å². The number of benzene rings is 3. The van der Waals surface area contributed by atoms with E-state index in [2.05, 4.69) is 21.6 Å². The second-order valence-electron chi connectivity index (χ2n) is 11.0. The maximum absolute atomic E-state index is 13.9. The highest BCUT2D eigenvalue weighted by molar-refractivity contribution is 7.99. The van der Waals surface area contributed by atoms with Crippen molar-refractivity contribution in [3.05, 3.63) is 117 Å². The van der Waals surface area contributed by atoms with Gasteiger partial charge in [-0.25, -0.2) is 5.01 Å². The Labute approximate surface area is 281 Å². The standard InChI is InChI=1S/C35H34N6O4S2/c1-22-7-8-23(2)29(18-22)40-32(20-36-34(43)25-11-15-27(45-4)16-12-25)37-38-35(40)47-21-33(42)41-30(24-9-13-26(44-3)14-10-24)19-28(39-41)31-6-5-17-46-31/h5-18,30H,19-21H2,1-4H3,(H,36,43)/t30-/m1/s1. The summed E-state index contributed by atoms with van der Waals surface area (Å²) < 4.78 is 12.5. The van der Waals surface area contributed by atoms with Crippen LogP contribution >= 0.6 is 23.1 Å². The van der Waals surface area contributed by atoms with Crippen LogP contribution in [0.5, 0.6) is 11.5 Å². The molecule has 47 heavy (non-hydrogen) atoms. The predicted octanol–water partition coefficient (Wildman–Crippen LogP) is 6.36. The number of ether oxygens (including phenoxy) is 2. The minimum atomic E-state index is -0.245. The van der Waals surface area contributed by atoms with Crippen LogP contribution in [0, 0.1) is 13.8 Å². The number of carbonyl (C=O) groups is 2. The summed E-state index contributed by atoms with van der Waals surface area (Å²) in [6.45, 7) is 4.17. The third kappa shape index (κ3) is 7.08. The first-order chi connectivity index (χ1) is 22.8. The summed E-state index contributed by atoms with van der Waals surface area (Å²) in [5.41, 5.74) is 5.32. The number of nitrogens with zero attached hydrogens (tertiary/aromatic N) is 5. The second kappa shape index (κ2) is 14.2. The summed E-state index contributed by atoms with van der Waals surface area (Å²) in [6.07, 6.45) is 0.611. The Balaban J connectivity index is 1.25. The number of thioether (sulfide) groups is 1. The van der Waals surface area contributed by atoms with Gasteiger partial charge in [0.15, 0.2) is 11.0 Å². The lowest BCUT2D eigenvalue weighted by Gasteiger charge is -2.22. The summed E-state index contributed by atoms with van der Waals surface area (Å²) in [6, 6.07) is 24.6. The SMILES string of the molecule is COc1ccc(C(=O)NCc2nnc(SCC(=O)N3N=C(c4cccs4)C[C@@H]3c3ccc(OC)cc3)n2-c2cc(C)ccc2C)cc1. The molecule has 0 fully saturated rings. The van der Waals surface area contributed by atoms with E-state index >= 15 is 0 Å². The van der Waals surface area contributed by atoms with E-state index in [4.69, 9.17) is 14.6 Å². The van der Waals surface area contributed by atoms with Crippen LogP contribution in [0.2, 0.25) is 0 Å². The third-order valence-electron chi connectivity index (χ3n) is 7.86. The van der Waals surface area contributed by atoms with E-state index in [1.165, 1.54) is 11.8 Å². The molecule has 12 heteroatoms. The Morgan fingerprint density at radius 3 is 2.36 bits per heavy atom. The zero-order valence-electron chi connectivity index (χ0n) is 26.5. The minimum Gasteiger partial charge on any atom is -0.497 e. The van der Waals surface area contributed by atoms with Crippen molar-refractivity contribution in [2.45, 2.75) is 38.0 Å². The first kappa shape index (κ1) is 32.0. The molecule has 1 aliphatic heterocycles. The molecule has 0 unspecified atom stereocenters. The number of amides is 2. The molecule has 10 nitrogen and oxygen atoms in total. The molecule has 1 N–H and O–H groups in total. The fourth-order valence-corrected chi connectivity index (χ4v) is 6.86. The van der Waals surface area contributed by atoms with E-state index in [0.717, 1.165) is 38.7 Å². The van der Waals surface area contributed by atoms with Crippen molar-refractivity contribution in [2.24, 2.45) is 5.10 Å². The lowest BCUT2D eigenvalue weighted by atomic mass is 10.0. The van der Waals surface area contributed by atoms with Crippen LogP contribution in [0.25, 0.3) is 5.69 Å². The van der Waals surface area contributed by atoms with Gasteiger partial charge < -0.3 is 14.8 Å². The lowest BCUT2D eigenvalue weighted by Crippen LogP contribution is -2.28. The first-order valence-electron chi connectivity index (χ1n) is 15.0. The monoisotopic (exact) mass is 666 g/mol. The van der Waals surface area contributed by atoms with Gasteiger partial charge in [-0.1, -0.05) is 42.1 Å². The number of hydrazone groups is 1. The number of aryl methyl sites for hydroxylation is 2. The third-order valence-corrected chi connectivity index (χ3v) is 9.69. The molecule has 0 saturated carbocycles. The number of methoxy groups -OCH3 is 2. The van der Waals surface area contributed by atoms with Crippen LogP contribution in [0.4, 0.5) is 0 Å². The van der Waals surface area contributed by atoms with Crippen molar-refractivity contribution in [1.82, 2.24) is 25.1 Å². The van der Waals surface area contributed by atoms with Crippen molar-refractivity contribution < 1.29 is 19.1 Å². The number of aromatic nitrogens is 3. The van der Waals surface area contributed by atoms with Crippen LogP contribution in [0.15, 0.2) is 94.5 Å². The number of rotatable bonds is 11. The Morgan fingerprint density at radius 1 is 0.957 bits per heavy atom. The van der Waals surface area contributed by atoms with Gasteiger partial charge in [0.2, 0.25) is 0 Å². The zero-order chi connectivity index (χ0) is 32.9. The van der Waals surface area contributed by atoms with Crippen molar-refractivity contribution in [3.8, 4) is 17.2 Å². The van der Waals surface area contributed by atoms with Gasteiger partial charge in [-0.3, -0.25) is 14.2 Å². The van der Waals surface area contributed by atoms with Gasteiger partial charge in [-0.05, 0) is 84.4 Å². The fourth-order valence-electron chi connectivity index (χ4n) is 5.32. The summed E-state index contributed by atoms with van der Waals surface area (Å²) in [5.74, 6) is 1.67. The minimum absolute atomic E-state index is 0.0923. The molecule has 0 aliphatic carbocycles. The van der Waals surface area contributed by atoms with Gasteiger partial charge >= 0.3 is 0 Å². The highest BCUT2D eigenvalue weighted by atomic mass is 32.2. The van der Waals surface area contributed by atoms with Gasteiger partial charge in [0, 0.05) is 12.0 Å². The molecule has 0 bridgehead atoms. The second-order valence-corrected chi connectivity index (χ2v) is 12.9. The average molecular weight is 667 g/mol. The first-order valence-corrected chi connectivity index (χ1v) is 16.9. The molecule has 0 radical (unpaired) electrons. The van der Waals surface area contributed by atoms with Crippen LogP contribution < -0.4 is 14.8 Å². The lowest BCUT2D eigenvalue weighted by molar-refractivity contribution is -0.130. The van der Waals surface area contributed by atoms with Crippen LogP contribution in [-0.4, -0.2) is 57.3 Å². The van der Waals surface area contributed by atoms with E-state index < -0.39 is 0 Å². The van der Waals surface area contributed by atoms with E-state index in [-0.39, 0.29) is 30.2 Å². The van der Waals surface area contributed by atoms with Gasteiger partial charge in [-0.15, -0.1) is 21.5 Å². The van der Waals surface area contributed by atoms with Crippen molar-refractivity contribution in [2.75, 3.05) is 20.0 Å². The average Bonchev–Trinajstić information content (AvgIpc) is 3.88. The fraction of sp³-hybridized carbons (Fsp3) is 0.229. The van der Waals surface area contributed by atoms with Crippen LogP contribution in [0.3, 0.4) is 0 Å². The van der Waals surface area contributed by atoms with E-state index in [9.17, 15) is 9.59 Å². The topological polar surface area (TPSA) is 111 Å². The molecule has 5 aromatic rings. The molecular weight excluding hydrogens is 633 g/mol. The number of nitrogens with one attached hydrogen (secondary N) is 1. The number of hydrogen-bond donors (Lipinski definition) is 1. The predicted molar refractivity (Wildman–Crippen MR) is 184 cm³/mol. The van der Waals surface area contributed by atoms with Gasteiger partial charge in [0.25, 0.3) is 11.8 Å². The summed E-state index contributed by atoms with van der Waals surface area (Å²) in [7, 11) is 3.21. The molecule has 6 rings (SSSR count). The smallest absolute Gasteiger partial charge is 0.253 e. The molecule has 2 aromatic heterocycles. The van der Waals surface area contributed by atoms with E-state index in [1.807, 2.05) is 72.3 Å². The molecule has 1 atom stereocenters. The Bertz CT molecular complexity index is 1900. The molecule has 3 heterocycles. The van der Waals surface area contributed by atoms with Gasteiger partial charge in [0.1, 0.15) is 11.5 Å². The quantitative estimate of drug-likeness (QED) is 0.163. The number of carbonyl (C=O) groups excluding carboxylic acids is 2. The molecule has 3 aromatic carbocycles. The van der Waals surface area contributed by atoms with Crippen LogP contribution in [0.1, 0.15) is 50.2 Å². The molecule has 1 aliphatic rings. The molecular formula is C35H34N6O4S2. The normalized spacial score (nSPS) is 14.2. The maximum Gasteiger partial charge on any atom is 0.253 e. The molecule has 0 saturated heterocycles. The highest BCUT2D eigenvalue weighted by Gasteiger charge is 2.34. The largest absolute Gasteiger partial charge is 0.497 e. The summed E-state index contributed by atoms with van der Waals surface area (Å²) in [4.78, 5) is 27.9. The molecule has 2 amide bonds. The van der Waals surface area contributed by atoms with Gasteiger partial charge in [0.05, 0.1) is 48.8 Å². The Kier molecular flexibility index (Phi) is 9.69. The molecule has 240 valence electrons. The van der Waals surface area contributed by atoms with E-state index in [1.54, 1.807) is 54.8 Å². The van der Waals surface area contributed by atoms with Crippen molar-refractivity contribution in [1.29, 1.82) is 0 Å². The van der Waals surface area contributed by atoms with Crippen LogP contribution in [-0.2, 0) is 11.3 Å². The number of hydrogen-bond acceptors (Lipinski definition) is 9. The molecule has 0 spiro atoms. The highest BCUT2D eigenvalue weighted by Crippen LogP contribution is 2.35. The summed E-state index contributed by atoms with van der Waals surface area (Å²) in [5, 5.41) is 20.8. The number of thiophene rings is 1. The summed E-state index contributed by atoms with van der Waals surface area (Å²) >= 11 is 2.90. The Hall–Kier alpha value is -4.94.